The highest BCUT2D eigenvalue weighted by molar-refractivity contribution is 8.01. The number of fused-ring (bicyclic) bond motifs is 1. The Bertz CT molecular complexity index is 566. The minimum Gasteiger partial charge on any atom is -0.351 e. The molecule has 1 atom stereocenters. The molecular weight excluding hydrogens is 326 g/mol. The van der Waals surface area contributed by atoms with Crippen molar-refractivity contribution in [2.75, 3.05) is 18.8 Å². The molecule has 1 aromatic carbocycles. The maximum Gasteiger partial charge on any atom is 0.230 e. The molecule has 3 rings (SSSR count). The molecule has 0 aliphatic carbocycles. The fourth-order valence-corrected chi connectivity index (χ4v) is 4.16. The number of rotatable bonds is 4. The summed E-state index contributed by atoms with van der Waals surface area (Å²) in [5.74, 6) is 0.541. The summed E-state index contributed by atoms with van der Waals surface area (Å²) in [4.78, 5) is 16.4. The summed E-state index contributed by atoms with van der Waals surface area (Å²) in [6.07, 6.45) is 2.21. The van der Waals surface area contributed by atoms with E-state index in [-0.39, 0.29) is 24.4 Å². The lowest BCUT2D eigenvalue weighted by Gasteiger charge is -2.23. The van der Waals surface area contributed by atoms with Crippen LogP contribution >= 0.6 is 35.5 Å². The quantitative estimate of drug-likeness (QED) is 0.838. The first kappa shape index (κ1) is 16.5. The van der Waals surface area contributed by atoms with E-state index in [2.05, 4.69) is 21.7 Å². The molecule has 4 nitrogen and oxygen atoms in total. The highest BCUT2D eigenvalue weighted by Crippen LogP contribution is 2.29. The van der Waals surface area contributed by atoms with Crippen LogP contribution in [0.5, 0.6) is 0 Å². The number of aromatic nitrogens is 1. The first-order valence-corrected chi connectivity index (χ1v) is 8.60. The molecule has 0 bridgehead atoms. The molecule has 0 unspecified atom stereocenters. The SMILES string of the molecule is Cl.O=C(CSc1nc2ccccc2s1)N[C@H]1CCCNC1. The lowest BCUT2D eigenvalue weighted by Crippen LogP contribution is -2.46. The van der Waals surface area contributed by atoms with Crippen molar-refractivity contribution >= 4 is 51.6 Å². The van der Waals surface area contributed by atoms with Gasteiger partial charge in [0.05, 0.1) is 16.0 Å². The number of amides is 1. The monoisotopic (exact) mass is 343 g/mol. The number of hydrogen-bond acceptors (Lipinski definition) is 5. The first-order chi connectivity index (χ1) is 9.81. The number of benzene rings is 1. The van der Waals surface area contributed by atoms with Crippen LogP contribution in [0.3, 0.4) is 0 Å². The van der Waals surface area contributed by atoms with Crippen molar-refractivity contribution in [1.82, 2.24) is 15.6 Å². The molecule has 1 aliphatic heterocycles. The zero-order valence-electron chi connectivity index (χ0n) is 11.5. The highest BCUT2D eigenvalue weighted by atomic mass is 35.5. The summed E-state index contributed by atoms with van der Waals surface area (Å²) in [6.45, 7) is 1.95. The Morgan fingerprint density at radius 2 is 2.33 bits per heavy atom. The average molecular weight is 344 g/mol. The van der Waals surface area contributed by atoms with Gasteiger partial charge in [-0.3, -0.25) is 4.79 Å². The van der Waals surface area contributed by atoms with Gasteiger partial charge in [-0.2, -0.15) is 0 Å². The van der Waals surface area contributed by atoms with E-state index in [1.54, 1.807) is 11.3 Å². The maximum atomic E-state index is 11.9. The molecule has 1 fully saturated rings. The Balaban J connectivity index is 0.00000161. The van der Waals surface area contributed by atoms with Crippen LogP contribution in [0.25, 0.3) is 10.2 Å². The number of hydrogen-bond donors (Lipinski definition) is 2. The smallest absolute Gasteiger partial charge is 0.230 e. The number of carbonyl (C=O) groups excluding carboxylic acids is 1. The summed E-state index contributed by atoms with van der Waals surface area (Å²) in [5, 5.41) is 6.38. The molecule has 0 saturated carbocycles. The van der Waals surface area contributed by atoms with Crippen LogP contribution < -0.4 is 10.6 Å². The molecule has 114 valence electrons. The fraction of sp³-hybridized carbons (Fsp3) is 0.429. The van der Waals surface area contributed by atoms with Crippen molar-refractivity contribution in [2.45, 2.75) is 23.2 Å². The average Bonchev–Trinajstić information content (AvgIpc) is 2.89. The van der Waals surface area contributed by atoms with Crippen molar-refractivity contribution in [2.24, 2.45) is 0 Å². The second kappa shape index (κ2) is 7.98. The lowest BCUT2D eigenvalue weighted by molar-refractivity contribution is -0.119. The second-order valence-electron chi connectivity index (χ2n) is 4.85. The number of para-hydroxylation sites is 1. The van der Waals surface area contributed by atoms with Gasteiger partial charge in [-0.1, -0.05) is 23.9 Å². The van der Waals surface area contributed by atoms with Crippen molar-refractivity contribution in [3.05, 3.63) is 24.3 Å². The van der Waals surface area contributed by atoms with E-state index in [4.69, 9.17) is 0 Å². The molecular formula is C14H18ClN3OS2. The summed E-state index contributed by atoms with van der Waals surface area (Å²) in [7, 11) is 0. The van der Waals surface area contributed by atoms with E-state index in [1.807, 2.05) is 18.2 Å². The molecule has 1 aromatic heterocycles. The number of thioether (sulfide) groups is 1. The van der Waals surface area contributed by atoms with E-state index in [9.17, 15) is 4.79 Å². The third-order valence-electron chi connectivity index (χ3n) is 3.26. The number of halogens is 1. The number of carbonyl (C=O) groups is 1. The Kier molecular flexibility index (Phi) is 6.29. The highest BCUT2D eigenvalue weighted by Gasteiger charge is 2.15. The fourth-order valence-electron chi connectivity index (χ4n) is 2.28. The topological polar surface area (TPSA) is 54.0 Å². The summed E-state index contributed by atoms with van der Waals surface area (Å²) in [6, 6.07) is 8.35. The number of nitrogens with zero attached hydrogens (tertiary/aromatic N) is 1. The maximum absolute atomic E-state index is 11.9. The van der Waals surface area contributed by atoms with Gasteiger partial charge in [-0.25, -0.2) is 4.98 Å². The zero-order chi connectivity index (χ0) is 13.8. The van der Waals surface area contributed by atoms with Gasteiger partial charge in [0, 0.05) is 12.6 Å². The van der Waals surface area contributed by atoms with Gasteiger partial charge in [0.15, 0.2) is 4.34 Å². The minimum atomic E-state index is 0. The van der Waals surface area contributed by atoms with Crippen LogP contribution in [-0.4, -0.2) is 35.8 Å². The Labute approximate surface area is 138 Å². The molecule has 2 heterocycles. The van der Waals surface area contributed by atoms with Gasteiger partial charge >= 0.3 is 0 Å². The van der Waals surface area contributed by atoms with E-state index in [0.717, 1.165) is 35.8 Å². The van der Waals surface area contributed by atoms with Gasteiger partial charge in [0.25, 0.3) is 0 Å². The van der Waals surface area contributed by atoms with E-state index in [0.29, 0.717) is 5.75 Å². The van der Waals surface area contributed by atoms with Gasteiger partial charge in [-0.05, 0) is 31.5 Å². The number of thiazole rings is 1. The van der Waals surface area contributed by atoms with Gasteiger partial charge in [0.2, 0.25) is 5.91 Å². The van der Waals surface area contributed by atoms with Crippen molar-refractivity contribution in [3.63, 3.8) is 0 Å². The Morgan fingerprint density at radius 1 is 1.48 bits per heavy atom. The largest absolute Gasteiger partial charge is 0.351 e. The molecule has 0 radical (unpaired) electrons. The first-order valence-electron chi connectivity index (χ1n) is 6.80. The molecule has 1 amide bonds. The van der Waals surface area contributed by atoms with Crippen LogP contribution in [0.1, 0.15) is 12.8 Å². The van der Waals surface area contributed by atoms with Crippen molar-refractivity contribution in [3.8, 4) is 0 Å². The normalized spacial score (nSPS) is 18.2. The Morgan fingerprint density at radius 3 is 3.10 bits per heavy atom. The lowest BCUT2D eigenvalue weighted by atomic mass is 10.1. The third-order valence-corrected chi connectivity index (χ3v) is 5.44. The summed E-state index contributed by atoms with van der Waals surface area (Å²) in [5.41, 5.74) is 1.01. The van der Waals surface area contributed by atoms with E-state index in [1.165, 1.54) is 16.5 Å². The Hall–Kier alpha value is -0.820. The molecule has 1 aliphatic rings. The molecule has 0 spiro atoms. The second-order valence-corrected chi connectivity index (χ2v) is 7.10. The molecule has 1 saturated heterocycles. The molecule has 21 heavy (non-hydrogen) atoms. The molecule has 2 N–H and O–H groups in total. The van der Waals surface area contributed by atoms with Crippen LogP contribution in [0.4, 0.5) is 0 Å². The van der Waals surface area contributed by atoms with Crippen molar-refractivity contribution < 1.29 is 4.79 Å². The van der Waals surface area contributed by atoms with Gasteiger partial charge < -0.3 is 10.6 Å². The van der Waals surface area contributed by atoms with E-state index < -0.39 is 0 Å². The number of nitrogens with one attached hydrogen (secondary N) is 2. The van der Waals surface area contributed by atoms with Crippen LogP contribution in [0.15, 0.2) is 28.6 Å². The minimum absolute atomic E-state index is 0. The zero-order valence-corrected chi connectivity index (χ0v) is 14.0. The standard InChI is InChI=1S/C14H17N3OS2.ClH/c18-13(16-10-4-3-7-15-8-10)9-19-14-17-11-5-1-2-6-12(11)20-14;/h1-2,5-6,10,15H,3-4,7-9H2,(H,16,18);1H/t10-;/m0./s1. The van der Waals surface area contributed by atoms with Gasteiger partial charge in [0.1, 0.15) is 0 Å². The van der Waals surface area contributed by atoms with Crippen LogP contribution in [0, 0.1) is 0 Å². The van der Waals surface area contributed by atoms with Crippen LogP contribution in [0.2, 0.25) is 0 Å². The predicted octanol–water partition coefficient (Wildman–Crippen LogP) is 2.68. The summed E-state index contributed by atoms with van der Waals surface area (Å²) < 4.78 is 2.13. The van der Waals surface area contributed by atoms with Gasteiger partial charge in [-0.15, -0.1) is 23.7 Å². The molecule has 2 aromatic rings. The van der Waals surface area contributed by atoms with Crippen molar-refractivity contribution in [1.29, 1.82) is 0 Å². The molecule has 7 heteroatoms. The predicted molar refractivity (Wildman–Crippen MR) is 91.6 cm³/mol. The number of piperidine rings is 1. The van der Waals surface area contributed by atoms with E-state index >= 15 is 0 Å². The van der Waals surface area contributed by atoms with Crippen LogP contribution in [-0.2, 0) is 4.79 Å². The third kappa shape index (κ3) is 4.57. The summed E-state index contributed by atoms with van der Waals surface area (Å²) >= 11 is 3.16.